The molecule has 0 bridgehead atoms. The van der Waals surface area contributed by atoms with Crippen LogP contribution in [-0.4, -0.2) is 31.3 Å². The van der Waals surface area contributed by atoms with Crippen molar-refractivity contribution >= 4 is 53.3 Å². The molecule has 0 aromatic heterocycles. The minimum absolute atomic E-state index is 0. The molecule has 3 nitrogen and oxygen atoms in total. The first-order valence-corrected chi connectivity index (χ1v) is 7.64. The number of hydrogen-bond donors (Lipinski definition) is 2. The van der Waals surface area contributed by atoms with Crippen LogP contribution in [0.5, 0.6) is 0 Å². The van der Waals surface area contributed by atoms with Gasteiger partial charge in [-0.3, -0.25) is 4.99 Å². The van der Waals surface area contributed by atoms with Gasteiger partial charge in [0.05, 0.1) is 6.54 Å². The van der Waals surface area contributed by atoms with Crippen molar-refractivity contribution in [1.29, 1.82) is 0 Å². The van der Waals surface area contributed by atoms with Gasteiger partial charge in [-0.25, -0.2) is 0 Å². The predicted octanol–water partition coefficient (Wildman–Crippen LogP) is 3.79. The molecular weight excluding hydrogens is 405 g/mol. The smallest absolute Gasteiger partial charge is 0.191 e. The van der Waals surface area contributed by atoms with Gasteiger partial charge in [-0.1, -0.05) is 17.7 Å². The topological polar surface area (TPSA) is 36.4 Å². The molecule has 1 rings (SSSR count). The number of nitrogens with one attached hydrogen (secondary N) is 2. The molecule has 1 aromatic rings. The molecule has 0 aliphatic heterocycles. The zero-order valence-corrected chi connectivity index (χ0v) is 15.5. The molecular formula is C14H21ClIN3S. The number of thioether (sulfide) groups is 1. The number of halogens is 2. The standard InChI is InChI=1S/C14H20ClN3S.HI/c1-3-9-17-14(16-4-2)18-10-11-19-13-7-5-12(15)6-8-13;/h3,5-8H,1,4,9-11H2,2H3,(H2,16,17,18);1H. The van der Waals surface area contributed by atoms with Gasteiger partial charge < -0.3 is 10.6 Å². The Morgan fingerprint density at radius 1 is 1.35 bits per heavy atom. The van der Waals surface area contributed by atoms with Crippen LogP contribution in [0.15, 0.2) is 46.8 Å². The molecule has 1 aromatic carbocycles. The van der Waals surface area contributed by atoms with Gasteiger partial charge in [0.25, 0.3) is 0 Å². The summed E-state index contributed by atoms with van der Waals surface area (Å²) in [4.78, 5) is 5.70. The fraction of sp³-hybridized carbons (Fsp3) is 0.357. The summed E-state index contributed by atoms with van der Waals surface area (Å²) in [5, 5.41) is 7.13. The maximum absolute atomic E-state index is 5.84. The molecule has 20 heavy (non-hydrogen) atoms. The van der Waals surface area contributed by atoms with Crippen molar-refractivity contribution in [2.24, 2.45) is 4.99 Å². The van der Waals surface area contributed by atoms with E-state index in [1.807, 2.05) is 37.3 Å². The first-order valence-electron chi connectivity index (χ1n) is 6.27. The van der Waals surface area contributed by atoms with Crippen LogP contribution >= 0.6 is 47.3 Å². The molecule has 0 aliphatic rings. The van der Waals surface area contributed by atoms with E-state index in [4.69, 9.17) is 11.6 Å². The number of hydrogen-bond acceptors (Lipinski definition) is 2. The number of guanidine groups is 1. The quantitative estimate of drug-likeness (QED) is 0.174. The molecule has 0 atom stereocenters. The van der Waals surface area contributed by atoms with Gasteiger partial charge >= 0.3 is 0 Å². The maximum Gasteiger partial charge on any atom is 0.191 e. The van der Waals surface area contributed by atoms with Crippen molar-refractivity contribution in [3.63, 3.8) is 0 Å². The van der Waals surface area contributed by atoms with Gasteiger partial charge in [-0.05, 0) is 31.2 Å². The molecule has 0 unspecified atom stereocenters. The lowest BCUT2D eigenvalue weighted by Gasteiger charge is -2.09. The third-order valence-corrected chi connectivity index (χ3v) is 3.45. The van der Waals surface area contributed by atoms with Crippen molar-refractivity contribution in [2.45, 2.75) is 11.8 Å². The molecule has 6 heteroatoms. The minimum Gasteiger partial charge on any atom is -0.357 e. The van der Waals surface area contributed by atoms with Crippen LogP contribution in [0, 0.1) is 0 Å². The summed E-state index contributed by atoms with van der Waals surface area (Å²) in [5.74, 6) is 1.77. The Kier molecular flexibility index (Phi) is 12.1. The summed E-state index contributed by atoms with van der Waals surface area (Å²) in [7, 11) is 0. The summed E-state index contributed by atoms with van der Waals surface area (Å²) in [6.45, 7) is 8.06. The molecule has 112 valence electrons. The molecule has 0 radical (unpaired) electrons. The van der Waals surface area contributed by atoms with Crippen LogP contribution in [0.25, 0.3) is 0 Å². The molecule has 0 fully saturated rings. The highest BCUT2D eigenvalue weighted by molar-refractivity contribution is 14.0. The summed E-state index contributed by atoms with van der Waals surface area (Å²) < 4.78 is 0. The molecule has 0 heterocycles. The van der Waals surface area contributed by atoms with Crippen LogP contribution in [-0.2, 0) is 0 Å². The largest absolute Gasteiger partial charge is 0.357 e. The van der Waals surface area contributed by atoms with Crippen molar-refractivity contribution in [3.8, 4) is 0 Å². The Morgan fingerprint density at radius 2 is 2.05 bits per heavy atom. The Balaban J connectivity index is 0.00000361. The van der Waals surface area contributed by atoms with E-state index >= 15 is 0 Å². The molecule has 2 N–H and O–H groups in total. The van der Waals surface area contributed by atoms with Gasteiger partial charge in [-0.15, -0.1) is 42.3 Å². The molecule has 0 aliphatic carbocycles. The normalized spacial score (nSPS) is 10.6. The number of nitrogens with zero attached hydrogens (tertiary/aromatic N) is 1. The van der Waals surface area contributed by atoms with E-state index in [9.17, 15) is 0 Å². The average Bonchev–Trinajstić information content (AvgIpc) is 2.42. The second-order valence-corrected chi connectivity index (χ2v) is 5.34. The Hall–Kier alpha value is -0.400. The second kappa shape index (κ2) is 12.3. The van der Waals surface area contributed by atoms with E-state index < -0.39 is 0 Å². The third kappa shape index (κ3) is 8.71. The molecule has 0 spiro atoms. The van der Waals surface area contributed by atoms with E-state index in [-0.39, 0.29) is 24.0 Å². The van der Waals surface area contributed by atoms with Crippen LogP contribution in [0.4, 0.5) is 0 Å². The van der Waals surface area contributed by atoms with Crippen molar-refractivity contribution in [2.75, 3.05) is 25.4 Å². The first kappa shape index (κ1) is 19.6. The van der Waals surface area contributed by atoms with Crippen molar-refractivity contribution in [1.82, 2.24) is 10.6 Å². The van der Waals surface area contributed by atoms with Crippen LogP contribution < -0.4 is 10.6 Å². The summed E-state index contributed by atoms with van der Waals surface area (Å²) in [6.07, 6.45) is 1.81. The van der Waals surface area contributed by atoms with E-state index in [1.54, 1.807) is 11.8 Å². The average molecular weight is 426 g/mol. The van der Waals surface area contributed by atoms with Gasteiger partial charge in [0.15, 0.2) is 5.96 Å². The van der Waals surface area contributed by atoms with Crippen molar-refractivity contribution < 1.29 is 0 Å². The number of rotatable bonds is 7. The van der Waals surface area contributed by atoms with E-state index in [1.165, 1.54) is 4.90 Å². The predicted molar refractivity (Wildman–Crippen MR) is 102 cm³/mol. The first-order chi connectivity index (χ1) is 9.26. The number of benzene rings is 1. The molecule has 0 saturated carbocycles. The van der Waals surface area contributed by atoms with Gasteiger partial charge in [0.1, 0.15) is 0 Å². The van der Waals surface area contributed by atoms with Gasteiger partial charge in [0.2, 0.25) is 0 Å². The summed E-state index contributed by atoms with van der Waals surface area (Å²) in [5.41, 5.74) is 0. The van der Waals surface area contributed by atoms with Gasteiger partial charge in [-0.2, -0.15) is 0 Å². The monoisotopic (exact) mass is 425 g/mol. The lowest BCUT2D eigenvalue weighted by atomic mass is 10.4. The highest BCUT2D eigenvalue weighted by atomic mass is 127. The highest BCUT2D eigenvalue weighted by Gasteiger charge is 1.96. The maximum atomic E-state index is 5.84. The highest BCUT2D eigenvalue weighted by Crippen LogP contribution is 2.19. The van der Waals surface area contributed by atoms with Gasteiger partial charge in [0, 0.05) is 28.8 Å². The summed E-state index contributed by atoms with van der Waals surface area (Å²) in [6, 6.07) is 7.86. The van der Waals surface area contributed by atoms with Crippen LogP contribution in [0.3, 0.4) is 0 Å². The third-order valence-electron chi connectivity index (χ3n) is 2.20. The van der Waals surface area contributed by atoms with Crippen molar-refractivity contribution in [3.05, 3.63) is 41.9 Å². The number of aliphatic imine (C=N–C) groups is 1. The van der Waals surface area contributed by atoms with E-state index in [0.29, 0.717) is 0 Å². The lowest BCUT2D eigenvalue weighted by molar-refractivity contribution is 0.868. The molecule has 0 saturated heterocycles. The van der Waals surface area contributed by atoms with E-state index in [0.717, 1.165) is 36.4 Å². The second-order valence-electron chi connectivity index (χ2n) is 3.73. The van der Waals surface area contributed by atoms with E-state index in [2.05, 4.69) is 22.2 Å². The fourth-order valence-corrected chi connectivity index (χ4v) is 2.24. The van der Waals surface area contributed by atoms with Crippen LogP contribution in [0.2, 0.25) is 5.02 Å². The zero-order chi connectivity index (χ0) is 13.9. The Labute approximate surface area is 147 Å². The summed E-state index contributed by atoms with van der Waals surface area (Å²) >= 11 is 7.61. The fourth-order valence-electron chi connectivity index (χ4n) is 1.36. The SMILES string of the molecule is C=CCNC(=NCCSc1ccc(Cl)cc1)NCC.I. The molecule has 0 amide bonds. The minimum atomic E-state index is 0. The Morgan fingerprint density at radius 3 is 2.65 bits per heavy atom. The lowest BCUT2D eigenvalue weighted by Crippen LogP contribution is -2.37. The zero-order valence-electron chi connectivity index (χ0n) is 11.6. The van der Waals surface area contributed by atoms with Crippen LogP contribution in [0.1, 0.15) is 6.92 Å². The Bertz CT molecular complexity index is 409.